The van der Waals surface area contributed by atoms with Crippen LogP contribution in [0.1, 0.15) is 17.5 Å². The number of nitrogens with one attached hydrogen (secondary N) is 1. The summed E-state index contributed by atoms with van der Waals surface area (Å²) < 4.78 is 5.13. The fourth-order valence-corrected chi connectivity index (χ4v) is 2.17. The molecule has 1 aliphatic rings. The molecule has 0 radical (unpaired) electrons. The molecule has 1 aliphatic heterocycles. The molecule has 1 fully saturated rings. The van der Waals surface area contributed by atoms with Gasteiger partial charge in [-0.15, -0.1) is 0 Å². The fourth-order valence-electron chi connectivity index (χ4n) is 2.17. The quantitative estimate of drug-likeness (QED) is 0.621. The summed E-state index contributed by atoms with van der Waals surface area (Å²) in [5.74, 6) is -0.291. The monoisotopic (exact) mass is 279 g/mol. The third-order valence-electron chi connectivity index (χ3n) is 3.56. The molecule has 1 atom stereocenters. The van der Waals surface area contributed by atoms with E-state index in [1.165, 1.54) is 6.07 Å². The van der Waals surface area contributed by atoms with Crippen LogP contribution in [-0.4, -0.2) is 29.6 Å². The predicted octanol–water partition coefficient (Wildman–Crippen LogP) is 0.637. The van der Waals surface area contributed by atoms with Crippen LogP contribution >= 0.6 is 0 Å². The molecule has 2 rings (SSSR count). The molecule has 0 saturated carbocycles. The van der Waals surface area contributed by atoms with Crippen molar-refractivity contribution in [1.29, 1.82) is 0 Å². The second-order valence-corrected chi connectivity index (χ2v) is 4.96. The van der Waals surface area contributed by atoms with Crippen LogP contribution in [-0.2, 0) is 16.1 Å². The van der Waals surface area contributed by atoms with E-state index in [9.17, 15) is 14.9 Å². The van der Waals surface area contributed by atoms with Crippen molar-refractivity contribution in [3.05, 3.63) is 39.4 Å². The minimum atomic E-state index is -0.991. The lowest BCUT2D eigenvalue weighted by Gasteiger charge is -2.20. The number of carbonyl (C=O) groups is 1. The average Bonchev–Trinajstić information content (AvgIpc) is 2.85. The van der Waals surface area contributed by atoms with Gasteiger partial charge in [0.2, 0.25) is 5.91 Å². The van der Waals surface area contributed by atoms with Crippen LogP contribution in [0.15, 0.2) is 18.2 Å². The lowest BCUT2D eigenvalue weighted by molar-refractivity contribution is -0.385. The van der Waals surface area contributed by atoms with E-state index in [0.29, 0.717) is 24.2 Å². The summed E-state index contributed by atoms with van der Waals surface area (Å²) in [6.45, 7) is 2.55. The molecule has 7 nitrogen and oxygen atoms in total. The van der Waals surface area contributed by atoms with Crippen molar-refractivity contribution < 1.29 is 14.5 Å². The maximum absolute atomic E-state index is 12.0. The van der Waals surface area contributed by atoms with Crippen molar-refractivity contribution in [1.82, 2.24) is 5.32 Å². The van der Waals surface area contributed by atoms with Gasteiger partial charge in [-0.1, -0.05) is 12.1 Å². The van der Waals surface area contributed by atoms with Gasteiger partial charge in [0.15, 0.2) is 0 Å². The Morgan fingerprint density at radius 2 is 2.35 bits per heavy atom. The van der Waals surface area contributed by atoms with Gasteiger partial charge >= 0.3 is 0 Å². The highest BCUT2D eigenvalue weighted by atomic mass is 16.6. The molecule has 3 N–H and O–H groups in total. The number of hydrogen-bond acceptors (Lipinski definition) is 5. The third kappa shape index (κ3) is 2.78. The Bertz CT molecular complexity index is 538. The Kier molecular flexibility index (Phi) is 4.01. The first-order valence-corrected chi connectivity index (χ1v) is 6.32. The van der Waals surface area contributed by atoms with Crippen LogP contribution in [0.4, 0.5) is 5.69 Å². The molecule has 1 heterocycles. The number of hydrogen-bond donors (Lipinski definition) is 2. The van der Waals surface area contributed by atoms with E-state index >= 15 is 0 Å². The number of nitrogens with zero attached hydrogens (tertiary/aromatic N) is 1. The summed E-state index contributed by atoms with van der Waals surface area (Å²) in [7, 11) is 0. The minimum absolute atomic E-state index is 0.0448. The summed E-state index contributed by atoms with van der Waals surface area (Å²) in [5.41, 5.74) is 6.24. The molecule has 1 saturated heterocycles. The van der Waals surface area contributed by atoms with Crippen molar-refractivity contribution in [2.24, 2.45) is 5.73 Å². The van der Waals surface area contributed by atoms with E-state index in [2.05, 4.69) is 5.32 Å². The first-order valence-electron chi connectivity index (χ1n) is 6.32. The lowest BCUT2D eigenvalue weighted by Crippen LogP contribution is -2.54. The minimum Gasteiger partial charge on any atom is -0.379 e. The normalized spacial score (nSPS) is 21.7. The topological polar surface area (TPSA) is 107 Å². The molecule has 108 valence electrons. The maximum atomic E-state index is 12.0. The molecule has 1 amide bonds. The second-order valence-electron chi connectivity index (χ2n) is 4.96. The number of nitro benzene ring substituents is 1. The Hall–Kier alpha value is -1.99. The van der Waals surface area contributed by atoms with Crippen LogP contribution < -0.4 is 11.1 Å². The summed E-state index contributed by atoms with van der Waals surface area (Å²) >= 11 is 0. The van der Waals surface area contributed by atoms with Crippen LogP contribution in [0.5, 0.6) is 0 Å². The highest BCUT2D eigenvalue weighted by Gasteiger charge is 2.38. The Balaban J connectivity index is 2.06. The zero-order valence-electron chi connectivity index (χ0n) is 11.2. The summed E-state index contributed by atoms with van der Waals surface area (Å²) in [4.78, 5) is 22.4. The van der Waals surface area contributed by atoms with Gasteiger partial charge in [-0.05, 0) is 18.9 Å². The maximum Gasteiger partial charge on any atom is 0.272 e. The number of ether oxygens (including phenoxy) is 1. The molecular weight excluding hydrogens is 262 g/mol. The van der Waals surface area contributed by atoms with Gasteiger partial charge in [-0.3, -0.25) is 14.9 Å². The first kappa shape index (κ1) is 14.4. The molecule has 1 aromatic carbocycles. The fraction of sp³-hybridized carbons (Fsp3) is 0.462. The van der Waals surface area contributed by atoms with E-state index < -0.39 is 10.5 Å². The number of amides is 1. The SMILES string of the molecule is Cc1c(CNC(=O)C2(N)CCOC2)cccc1[N+](=O)[O-]. The summed E-state index contributed by atoms with van der Waals surface area (Å²) in [6, 6.07) is 4.79. The molecule has 7 heteroatoms. The van der Waals surface area contributed by atoms with Crippen LogP contribution in [0, 0.1) is 17.0 Å². The third-order valence-corrected chi connectivity index (χ3v) is 3.56. The molecule has 0 aromatic heterocycles. The van der Waals surface area contributed by atoms with E-state index in [1.807, 2.05) is 0 Å². The highest BCUT2D eigenvalue weighted by molar-refractivity contribution is 5.86. The van der Waals surface area contributed by atoms with Gasteiger partial charge in [-0.2, -0.15) is 0 Å². The van der Waals surface area contributed by atoms with Gasteiger partial charge in [0, 0.05) is 24.8 Å². The van der Waals surface area contributed by atoms with E-state index in [0.717, 1.165) is 0 Å². The average molecular weight is 279 g/mol. The Morgan fingerprint density at radius 3 is 2.95 bits per heavy atom. The van der Waals surface area contributed by atoms with Crippen molar-refractivity contribution in [2.45, 2.75) is 25.4 Å². The smallest absolute Gasteiger partial charge is 0.272 e. The van der Waals surface area contributed by atoms with Crippen molar-refractivity contribution in [2.75, 3.05) is 13.2 Å². The van der Waals surface area contributed by atoms with Gasteiger partial charge < -0.3 is 15.8 Å². The number of nitro groups is 1. The second kappa shape index (κ2) is 5.56. The van der Waals surface area contributed by atoms with Crippen LogP contribution in [0.2, 0.25) is 0 Å². The largest absolute Gasteiger partial charge is 0.379 e. The zero-order valence-corrected chi connectivity index (χ0v) is 11.2. The Labute approximate surface area is 116 Å². The van der Waals surface area contributed by atoms with Crippen molar-refractivity contribution >= 4 is 11.6 Å². The van der Waals surface area contributed by atoms with Gasteiger partial charge in [0.05, 0.1) is 11.5 Å². The lowest BCUT2D eigenvalue weighted by atomic mass is 9.99. The first-order chi connectivity index (χ1) is 9.44. The van der Waals surface area contributed by atoms with Crippen LogP contribution in [0.3, 0.4) is 0 Å². The highest BCUT2D eigenvalue weighted by Crippen LogP contribution is 2.21. The molecule has 0 bridgehead atoms. The molecule has 20 heavy (non-hydrogen) atoms. The molecule has 1 unspecified atom stereocenters. The number of benzene rings is 1. The Morgan fingerprint density at radius 1 is 1.60 bits per heavy atom. The van der Waals surface area contributed by atoms with Gasteiger partial charge in [-0.25, -0.2) is 0 Å². The molecule has 1 aromatic rings. The molecule has 0 aliphatic carbocycles. The zero-order chi connectivity index (χ0) is 14.8. The van der Waals surface area contributed by atoms with Gasteiger partial charge in [0.1, 0.15) is 5.54 Å². The van der Waals surface area contributed by atoms with Crippen molar-refractivity contribution in [3.8, 4) is 0 Å². The molecular formula is C13H17N3O4. The van der Waals surface area contributed by atoms with Crippen LogP contribution in [0.25, 0.3) is 0 Å². The predicted molar refractivity (Wildman–Crippen MR) is 72.0 cm³/mol. The summed E-state index contributed by atoms with van der Waals surface area (Å²) in [6.07, 6.45) is 0.479. The standard InChI is InChI=1S/C13H17N3O4/c1-9-10(3-2-4-11(9)16(18)19)7-15-12(17)13(14)5-6-20-8-13/h2-4H,5-8,14H2,1H3,(H,15,17). The van der Waals surface area contributed by atoms with E-state index in [4.69, 9.17) is 10.5 Å². The number of nitrogens with two attached hydrogens (primary N) is 1. The van der Waals surface area contributed by atoms with Crippen molar-refractivity contribution in [3.63, 3.8) is 0 Å². The molecule has 0 spiro atoms. The van der Waals surface area contributed by atoms with E-state index in [-0.39, 0.29) is 24.7 Å². The van der Waals surface area contributed by atoms with Gasteiger partial charge in [0.25, 0.3) is 5.69 Å². The van der Waals surface area contributed by atoms with E-state index in [1.54, 1.807) is 19.1 Å². The number of carbonyl (C=O) groups excluding carboxylic acids is 1. The summed E-state index contributed by atoms with van der Waals surface area (Å²) in [5, 5.41) is 13.6. The number of rotatable bonds is 4.